The third kappa shape index (κ3) is 3.38. The molecule has 0 saturated carbocycles. The monoisotopic (exact) mass is 406 g/mol. The van der Waals surface area contributed by atoms with E-state index >= 15 is 0 Å². The first kappa shape index (κ1) is 19.8. The van der Waals surface area contributed by atoms with Crippen LogP contribution in [0, 0.1) is 18.3 Å². The van der Waals surface area contributed by atoms with Gasteiger partial charge in [-0.1, -0.05) is 37.6 Å². The number of nitriles is 1. The molecule has 0 aliphatic carbocycles. The van der Waals surface area contributed by atoms with Gasteiger partial charge in [0.15, 0.2) is 0 Å². The van der Waals surface area contributed by atoms with Gasteiger partial charge in [-0.25, -0.2) is 4.98 Å². The lowest BCUT2D eigenvalue weighted by Gasteiger charge is -2.23. The molecule has 0 unspecified atom stereocenters. The second kappa shape index (κ2) is 8.08. The number of imidazole rings is 1. The second-order valence-electron chi connectivity index (χ2n) is 7.90. The summed E-state index contributed by atoms with van der Waals surface area (Å²) < 4.78 is 2.34. The van der Waals surface area contributed by atoms with Gasteiger partial charge in [0.1, 0.15) is 11.6 Å². The van der Waals surface area contributed by atoms with Gasteiger partial charge in [-0.2, -0.15) is 5.26 Å². The molecule has 2 heterocycles. The maximum Gasteiger partial charge on any atom is 0.211 e. The van der Waals surface area contributed by atoms with Crippen molar-refractivity contribution < 1.29 is 0 Å². The predicted molar refractivity (Wildman–Crippen MR) is 120 cm³/mol. The first-order valence-corrected chi connectivity index (χ1v) is 10.9. The molecule has 5 heteroatoms. The topological polar surface area (TPSA) is 44.9 Å². The van der Waals surface area contributed by atoms with Crippen LogP contribution >= 0.6 is 11.6 Å². The van der Waals surface area contributed by atoms with Crippen molar-refractivity contribution in [2.45, 2.75) is 58.9 Å². The first-order valence-electron chi connectivity index (χ1n) is 10.6. The molecule has 1 aliphatic rings. The van der Waals surface area contributed by atoms with Gasteiger partial charge >= 0.3 is 0 Å². The highest BCUT2D eigenvalue weighted by molar-refractivity contribution is 6.35. The van der Waals surface area contributed by atoms with E-state index in [4.69, 9.17) is 16.6 Å². The minimum absolute atomic E-state index is 0.487. The second-order valence-corrected chi connectivity index (χ2v) is 8.31. The molecule has 0 bridgehead atoms. The number of halogens is 1. The van der Waals surface area contributed by atoms with Crippen LogP contribution in [-0.2, 0) is 6.54 Å². The van der Waals surface area contributed by atoms with Gasteiger partial charge < -0.3 is 9.47 Å². The molecule has 0 saturated heterocycles. The third-order valence-corrected chi connectivity index (χ3v) is 6.40. The number of benzene rings is 2. The molecule has 4 rings (SSSR count). The fourth-order valence-electron chi connectivity index (χ4n) is 4.54. The molecule has 0 atom stereocenters. The van der Waals surface area contributed by atoms with Crippen molar-refractivity contribution in [2.75, 3.05) is 11.4 Å². The molecule has 29 heavy (non-hydrogen) atoms. The molecular formula is C24H27ClN4. The van der Waals surface area contributed by atoms with E-state index < -0.39 is 0 Å². The molecule has 1 aromatic heterocycles. The van der Waals surface area contributed by atoms with Gasteiger partial charge in [0.05, 0.1) is 21.8 Å². The van der Waals surface area contributed by atoms with Crippen molar-refractivity contribution in [1.29, 1.82) is 5.26 Å². The van der Waals surface area contributed by atoms with E-state index in [0.717, 1.165) is 61.5 Å². The Hall–Kier alpha value is -2.51. The molecule has 2 aromatic carbocycles. The zero-order valence-electron chi connectivity index (χ0n) is 17.4. The van der Waals surface area contributed by atoms with Crippen LogP contribution in [0.15, 0.2) is 30.3 Å². The normalized spacial score (nSPS) is 14.1. The number of fused-ring (bicyclic) bond motifs is 3. The highest BCUT2D eigenvalue weighted by Gasteiger charge is 2.26. The van der Waals surface area contributed by atoms with E-state index in [9.17, 15) is 5.26 Å². The Balaban J connectivity index is 1.98. The van der Waals surface area contributed by atoms with Gasteiger partial charge in [0.2, 0.25) is 5.95 Å². The van der Waals surface area contributed by atoms with Crippen molar-refractivity contribution in [3.05, 3.63) is 52.0 Å². The lowest BCUT2D eigenvalue weighted by atomic mass is 9.93. The van der Waals surface area contributed by atoms with Crippen LogP contribution in [0.25, 0.3) is 11.0 Å². The van der Waals surface area contributed by atoms with Gasteiger partial charge in [-0.15, -0.1) is 0 Å². The first-order chi connectivity index (χ1) is 14.1. The highest BCUT2D eigenvalue weighted by atomic mass is 35.5. The largest absolute Gasteiger partial charge is 0.311 e. The highest BCUT2D eigenvalue weighted by Crippen LogP contribution is 2.39. The minimum atomic E-state index is 0.487. The molecule has 0 N–H and O–H groups in total. The van der Waals surface area contributed by atoms with Gasteiger partial charge in [-0.3, -0.25) is 0 Å². The van der Waals surface area contributed by atoms with E-state index in [1.54, 1.807) is 0 Å². The zero-order valence-corrected chi connectivity index (χ0v) is 18.1. The maximum atomic E-state index is 9.73. The summed E-state index contributed by atoms with van der Waals surface area (Å²) in [6.07, 6.45) is 4.32. The summed E-state index contributed by atoms with van der Waals surface area (Å²) >= 11 is 6.61. The fraction of sp³-hybridized carbons (Fsp3) is 0.417. The van der Waals surface area contributed by atoms with Crippen LogP contribution in [-0.4, -0.2) is 16.1 Å². The van der Waals surface area contributed by atoms with Crippen molar-refractivity contribution in [2.24, 2.45) is 0 Å². The Morgan fingerprint density at radius 3 is 2.62 bits per heavy atom. The van der Waals surface area contributed by atoms with Crippen molar-refractivity contribution in [3.63, 3.8) is 0 Å². The summed E-state index contributed by atoms with van der Waals surface area (Å²) in [7, 11) is 0. The Kier molecular flexibility index (Phi) is 5.52. The van der Waals surface area contributed by atoms with E-state index in [1.165, 1.54) is 11.1 Å². The number of aromatic nitrogens is 2. The van der Waals surface area contributed by atoms with Crippen molar-refractivity contribution in [1.82, 2.24) is 9.55 Å². The average Bonchev–Trinajstić information content (AvgIpc) is 2.99. The quantitative estimate of drug-likeness (QED) is 0.483. The summed E-state index contributed by atoms with van der Waals surface area (Å²) in [5, 5.41) is 10.4. The predicted octanol–water partition coefficient (Wildman–Crippen LogP) is 6.71. The van der Waals surface area contributed by atoms with Crippen LogP contribution in [0.1, 0.15) is 62.1 Å². The third-order valence-electron chi connectivity index (χ3n) is 6.10. The number of hydrogen-bond acceptors (Lipinski definition) is 3. The van der Waals surface area contributed by atoms with E-state index in [-0.39, 0.29) is 0 Å². The molecule has 0 radical (unpaired) electrons. The molecule has 0 spiro atoms. The molecule has 0 amide bonds. The Morgan fingerprint density at radius 1 is 1.14 bits per heavy atom. The van der Waals surface area contributed by atoms with Crippen LogP contribution in [0.2, 0.25) is 5.02 Å². The summed E-state index contributed by atoms with van der Waals surface area (Å²) in [6.45, 7) is 8.27. The molecule has 0 fully saturated rings. The van der Waals surface area contributed by atoms with Gasteiger partial charge in [-0.05, 0) is 67.9 Å². The summed E-state index contributed by atoms with van der Waals surface area (Å²) in [4.78, 5) is 7.23. The van der Waals surface area contributed by atoms with Gasteiger partial charge in [0.25, 0.3) is 0 Å². The van der Waals surface area contributed by atoms with E-state index in [1.807, 2.05) is 25.1 Å². The smallest absolute Gasteiger partial charge is 0.211 e. The van der Waals surface area contributed by atoms with E-state index in [2.05, 4.69) is 41.5 Å². The Morgan fingerprint density at radius 2 is 1.90 bits per heavy atom. The zero-order chi connectivity index (χ0) is 20.5. The van der Waals surface area contributed by atoms with Crippen LogP contribution < -0.4 is 4.90 Å². The van der Waals surface area contributed by atoms with Crippen molar-refractivity contribution in [3.8, 4) is 6.07 Å². The number of aryl methyl sites for hydroxylation is 2. The van der Waals surface area contributed by atoms with Crippen molar-refractivity contribution >= 4 is 34.3 Å². The van der Waals surface area contributed by atoms with E-state index in [0.29, 0.717) is 16.5 Å². The van der Waals surface area contributed by atoms with Crippen LogP contribution in [0.3, 0.4) is 0 Å². The molecular weight excluding hydrogens is 380 g/mol. The molecule has 4 nitrogen and oxygen atoms in total. The summed E-state index contributed by atoms with van der Waals surface area (Å²) in [5.41, 5.74) is 6.09. The van der Waals surface area contributed by atoms with Crippen LogP contribution in [0.4, 0.5) is 11.6 Å². The molecule has 1 aliphatic heterocycles. The SMILES string of the molecule is CCC(CC)c1ccc(Cl)c2nc3n(c12)CCCCN3c1ccc(C)cc1C#N. The lowest BCUT2D eigenvalue weighted by Crippen LogP contribution is -2.21. The summed E-state index contributed by atoms with van der Waals surface area (Å²) in [5.74, 6) is 1.39. The van der Waals surface area contributed by atoms with Gasteiger partial charge in [0, 0.05) is 13.1 Å². The van der Waals surface area contributed by atoms with Crippen LogP contribution in [0.5, 0.6) is 0 Å². The summed E-state index contributed by atoms with van der Waals surface area (Å²) in [6, 6.07) is 12.6. The minimum Gasteiger partial charge on any atom is -0.311 e. The number of rotatable bonds is 4. The number of anilines is 2. The lowest BCUT2D eigenvalue weighted by molar-refractivity contribution is 0.632. The number of nitrogens with zero attached hydrogens (tertiary/aromatic N) is 4. The average molecular weight is 407 g/mol. The Labute approximate surface area is 177 Å². The molecule has 3 aromatic rings. The number of hydrogen-bond donors (Lipinski definition) is 0. The maximum absolute atomic E-state index is 9.73. The fourth-order valence-corrected chi connectivity index (χ4v) is 4.73. The standard InChI is InChI=1S/C24H27ClN4/c1-4-17(5-2)19-9-10-20(25)22-23(19)29-13-7-6-12-28(24(29)27-22)21-11-8-16(3)14-18(21)15-26/h8-11,14,17H,4-7,12-13H2,1-3H3. The Bertz CT molecular complexity index is 1090. The molecule has 150 valence electrons.